The molecule has 0 aromatic carbocycles. The van der Waals surface area contributed by atoms with E-state index in [0.717, 1.165) is 17.5 Å². The first kappa shape index (κ1) is 13.4. The lowest BCUT2D eigenvalue weighted by Crippen LogP contribution is -2.25. The lowest BCUT2D eigenvalue weighted by atomic mass is 10.2. The number of amides is 1. The molecule has 2 rings (SSSR count). The third-order valence-electron chi connectivity index (χ3n) is 2.97. The number of ether oxygens (including phenoxy) is 1. The molecule has 2 aromatic heterocycles. The van der Waals surface area contributed by atoms with E-state index in [2.05, 4.69) is 10.4 Å². The lowest BCUT2D eigenvalue weighted by Gasteiger charge is -2.04. The number of rotatable bonds is 6. The van der Waals surface area contributed by atoms with Gasteiger partial charge in [-0.25, -0.2) is 4.52 Å². The molecule has 0 atom stereocenters. The highest BCUT2D eigenvalue weighted by Gasteiger charge is 2.12. The van der Waals surface area contributed by atoms with Crippen LogP contribution < -0.4 is 10.1 Å². The van der Waals surface area contributed by atoms with Crippen LogP contribution in [0.1, 0.15) is 25.3 Å². The van der Waals surface area contributed by atoms with Crippen LogP contribution in [-0.2, 0) is 11.2 Å². The van der Waals surface area contributed by atoms with Gasteiger partial charge >= 0.3 is 0 Å². The summed E-state index contributed by atoms with van der Waals surface area (Å²) >= 11 is 0. The molecule has 0 radical (unpaired) electrons. The molecular formula is C14H19N3O2. The van der Waals surface area contributed by atoms with E-state index in [1.165, 1.54) is 0 Å². The summed E-state index contributed by atoms with van der Waals surface area (Å²) in [6.07, 6.45) is 4.04. The number of nitrogens with one attached hydrogen (secondary N) is 1. The number of nitrogens with zero attached hydrogens (tertiary/aromatic N) is 2. The van der Waals surface area contributed by atoms with Crippen molar-refractivity contribution < 1.29 is 9.53 Å². The van der Waals surface area contributed by atoms with Crippen LogP contribution in [0.2, 0.25) is 0 Å². The first-order chi connectivity index (χ1) is 9.26. The molecule has 19 heavy (non-hydrogen) atoms. The smallest absolute Gasteiger partial charge is 0.236 e. The second-order valence-electron chi connectivity index (χ2n) is 4.37. The standard InChI is InChI=1S/C14H19N3O2/c1-3-6-13(18)15-9-8-11-12-7-4-5-10-17(12)16-14(11)19-2/h4-5,7,10H,3,6,8-9H2,1-2H3,(H,15,18). The van der Waals surface area contributed by atoms with E-state index < -0.39 is 0 Å². The van der Waals surface area contributed by atoms with Gasteiger partial charge in [-0.15, -0.1) is 5.10 Å². The number of methoxy groups -OCH3 is 1. The highest BCUT2D eigenvalue weighted by Crippen LogP contribution is 2.22. The minimum Gasteiger partial charge on any atom is -0.480 e. The highest BCUT2D eigenvalue weighted by molar-refractivity contribution is 5.75. The van der Waals surface area contributed by atoms with Crippen molar-refractivity contribution in [3.05, 3.63) is 30.0 Å². The van der Waals surface area contributed by atoms with Crippen molar-refractivity contribution in [3.63, 3.8) is 0 Å². The summed E-state index contributed by atoms with van der Waals surface area (Å²) in [5, 5.41) is 7.25. The van der Waals surface area contributed by atoms with Gasteiger partial charge in [-0.2, -0.15) is 0 Å². The normalized spacial score (nSPS) is 10.6. The molecule has 102 valence electrons. The molecule has 0 fully saturated rings. The summed E-state index contributed by atoms with van der Waals surface area (Å²) < 4.78 is 7.08. The second-order valence-corrected chi connectivity index (χ2v) is 4.37. The van der Waals surface area contributed by atoms with Gasteiger partial charge in [-0.05, 0) is 25.0 Å². The number of carbonyl (C=O) groups excluding carboxylic acids is 1. The monoisotopic (exact) mass is 261 g/mol. The third kappa shape index (κ3) is 3.05. The van der Waals surface area contributed by atoms with Crippen molar-refractivity contribution >= 4 is 11.4 Å². The van der Waals surface area contributed by atoms with Crippen LogP contribution in [0.4, 0.5) is 0 Å². The van der Waals surface area contributed by atoms with E-state index in [9.17, 15) is 4.79 Å². The Morgan fingerprint density at radius 1 is 1.47 bits per heavy atom. The highest BCUT2D eigenvalue weighted by atomic mass is 16.5. The van der Waals surface area contributed by atoms with Gasteiger partial charge in [0.1, 0.15) is 0 Å². The van der Waals surface area contributed by atoms with Crippen LogP contribution in [0.5, 0.6) is 5.88 Å². The maximum absolute atomic E-state index is 11.4. The van der Waals surface area contributed by atoms with Gasteiger partial charge in [-0.1, -0.05) is 13.0 Å². The Morgan fingerprint density at radius 2 is 2.32 bits per heavy atom. The average molecular weight is 261 g/mol. The van der Waals surface area contributed by atoms with Crippen molar-refractivity contribution in [2.24, 2.45) is 0 Å². The summed E-state index contributed by atoms with van der Waals surface area (Å²) in [6, 6.07) is 5.89. The number of hydrogen-bond donors (Lipinski definition) is 1. The van der Waals surface area contributed by atoms with Crippen LogP contribution in [0.3, 0.4) is 0 Å². The Hall–Kier alpha value is -2.04. The van der Waals surface area contributed by atoms with Gasteiger partial charge in [0.25, 0.3) is 0 Å². The Bertz CT molecular complexity index is 563. The maximum atomic E-state index is 11.4. The van der Waals surface area contributed by atoms with Crippen molar-refractivity contribution in [2.75, 3.05) is 13.7 Å². The number of fused-ring (bicyclic) bond motifs is 1. The summed E-state index contributed by atoms with van der Waals surface area (Å²) in [5.74, 6) is 0.717. The SMILES string of the molecule is CCCC(=O)NCCc1c(OC)nn2ccccc12. The lowest BCUT2D eigenvalue weighted by molar-refractivity contribution is -0.121. The maximum Gasteiger partial charge on any atom is 0.236 e. The Morgan fingerprint density at radius 3 is 3.05 bits per heavy atom. The van der Waals surface area contributed by atoms with E-state index >= 15 is 0 Å². The molecular weight excluding hydrogens is 242 g/mol. The van der Waals surface area contributed by atoms with Crippen molar-refractivity contribution in [1.82, 2.24) is 14.9 Å². The van der Waals surface area contributed by atoms with Crippen molar-refractivity contribution in [2.45, 2.75) is 26.2 Å². The summed E-state index contributed by atoms with van der Waals surface area (Å²) in [6.45, 7) is 2.60. The fraction of sp³-hybridized carbons (Fsp3) is 0.429. The van der Waals surface area contributed by atoms with E-state index in [4.69, 9.17) is 4.74 Å². The van der Waals surface area contributed by atoms with E-state index in [-0.39, 0.29) is 5.91 Å². The molecule has 1 amide bonds. The van der Waals surface area contributed by atoms with Gasteiger partial charge in [0, 0.05) is 24.7 Å². The van der Waals surface area contributed by atoms with E-state index in [1.807, 2.05) is 31.3 Å². The molecule has 2 heterocycles. The first-order valence-electron chi connectivity index (χ1n) is 6.53. The largest absolute Gasteiger partial charge is 0.480 e. The van der Waals surface area contributed by atoms with Gasteiger partial charge in [0.15, 0.2) is 0 Å². The molecule has 0 saturated carbocycles. The molecule has 0 saturated heterocycles. The Kier molecular flexibility index (Phi) is 4.39. The third-order valence-corrected chi connectivity index (χ3v) is 2.97. The molecule has 0 aliphatic heterocycles. The molecule has 0 unspecified atom stereocenters. The Labute approximate surface area is 112 Å². The quantitative estimate of drug-likeness (QED) is 0.862. The molecule has 0 aliphatic rings. The van der Waals surface area contributed by atoms with Crippen LogP contribution in [0.25, 0.3) is 5.52 Å². The molecule has 5 heteroatoms. The summed E-state index contributed by atoms with van der Waals surface area (Å²) in [4.78, 5) is 11.4. The minimum absolute atomic E-state index is 0.0953. The van der Waals surface area contributed by atoms with Crippen LogP contribution >= 0.6 is 0 Å². The first-order valence-corrected chi connectivity index (χ1v) is 6.53. The molecule has 2 aromatic rings. The van der Waals surface area contributed by atoms with Crippen LogP contribution in [-0.4, -0.2) is 29.2 Å². The topological polar surface area (TPSA) is 55.6 Å². The van der Waals surface area contributed by atoms with Crippen LogP contribution in [0.15, 0.2) is 24.4 Å². The molecule has 0 spiro atoms. The predicted octanol–water partition coefficient (Wildman–Crippen LogP) is 1.80. The van der Waals surface area contributed by atoms with Gasteiger partial charge < -0.3 is 10.1 Å². The second kappa shape index (κ2) is 6.22. The zero-order valence-electron chi connectivity index (χ0n) is 11.3. The van der Waals surface area contributed by atoms with Gasteiger partial charge in [0.05, 0.1) is 12.6 Å². The summed E-state index contributed by atoms with van der Waals surface area (Å²) in [5.41, 5.74) is 2.05. The zero-order chi connectivity index (χ0) is 13.7. The molecule has 5 nitrogen and oxygen atoms in total. The predicted molar refractivity (Wildman–Crippen MR) is 73.4 cm³/mol. The van der Waals surface area contributed by atoms with E-state index in [1.54, 1.807) is 11.6 Å². The zero-order valence-corrected chi connectivity index (χ0v) is 11.3. The molecule has 0 aliphatic carbocycles. The van der Waals surface area contributed by atoms with Crippen molar-refractivity contribution in [1.29, 1.82) is 0 Å². The van der Waals surface area contributed by atoms with Crippen molar-refractivity contribution in [3.8, 4) is 5.88 Å². The van der Waals surface area contributed by atoms with Gasteiger partial charge in [-0.3, -0.25) is 4.79 Å². The minimum atomic E-state index is 0.0953. The number of pyridine rings is 1. The number of hydrogen-bond acceptors (Lipinski definition) is 3. The molecule has 0 bridgehead atoms. The fourth-order valence-electron chi connectivity index (χ4n) is 2.07. The Balaban J connectivity index is 2.09. The number of carbonyl (C=O) groups is 1. The summed E-state index contributed by atoms with van der Waals surface area (Å²) in [7, 11) is 1.61. The number of aromatic nitrogens is 2. The van der Waals surface area contributed by atoms with E-state index in [0.29, 0.717) is 25.3 Å². The van der Waals surface area contributed by atoms with Gasteiger partial charge in [0.2, 0.25) is 11.8 Å². The fourth-order valence-corrected chi connectivity index (χ4v) is 2.07. The molecule has 1 N–H and O–H groups in total. The average Bonchev–Trinajstić information content (AvgIpc) is 2.77. The van der Waals surface area contributed by atoms with Crippen LogP contribution in [0, 0.1) is 0 Å².